The van der Waals surface area contributed by atoms with Crippen LogP contribution in [0.3, 0.4) is 0 Å². The lowest BCUT2D eigenvalue weighted by molar-refractivity contribution is -0.149. The highest BCUT2D eigenvalue weighted by Crippen LogP contribution is 2.36. The van der Waals surface area contributed by atoms with Crippen molar-refractivity contribution < 1.29 is 19.0 Å². The molecule has 0 bridgehead atoms. The molecule has 4 nitrogen and oxygen atoms in total. The Hall–Kier alpha value is -0.560. The Labute approximate surface area is 129 Å². The third-order valence-corrected chi connectivity index (χ3v) is 3.07. The first-order valence-corrected chi connectivity index (χ1v) is 6.29. The molecule has 0 aromatic heterocycles. The van der Waals surface area contributed by atoms with E-state index in [1.54, 1.807) is 6.92 Å². The third kappa shape index (κ3) is 4.49. The van der Waals surface area contributed by atoms with Crippen molar-refractivity contribution in [3.63, 3.8) is 0 Å². The summed E-state index contributed by atoms with van der Waals surface area (Å²) in [4.78, 5) is 11.2. The lowest BCUT2D eigenvalue weighted by atomic mass is 10.0. The maximum atomic E-state index is 13.7. The topological polar surface area (TPSA) is 72.5 Å². The molecule has 0 amide bonds. The standard InChI is InChI=1S/C11H12BrClFNO3.ClH/c1-2-18-11(17)8(14)9(15)6-3-5(13)4-7(12)10(6)16;/h3-4,8-9,16H,2,15H2,1H3;1H/t8?,9-;/m1./s1. The van der Waals surface area contributed by atoms with Crippen LogP contribution in [0.4, 0.5) is 4.39 Å². The van der Waals surface area contributed by atoms with E-state index in [1.807, 2.05) is 0 Å². The molecule has 1 aromatic carbocycles. The van der Waals surface area contributed by atoms with E-state index in [9.17, 15) is 14.3 Å². The Kier molecular flexibility index (Phi) is 7.66. The number of phenolic OH excluding ortho intramolecular Hbond substituents is 1. The van der Waals surface area contributed by atoms with Gasteiger partial charge >= 0.3 is 5.97 Å². The molecule has 8 heteroatoms. The summed E-state index contributed by atoms with van der Waals surface area (Å²) >= 11 is 8.83. The number of esters is 1. The minimum Gasteiger partial charge on any atom is -0.506 e. The molecule has 108 valence electrons. The van der Waals surface area contributed by atoms with Crippen LogP contribution in [0.25, 0.3) is 0 Å². The Morgan fingerprint density at radius 2 is 2.21 bits per heavy atom. The number of carbonyl (C=O) groups is 1. The molecule has 0 saturated heterocycles. The van der Waals surface area contributed by atoms with Crippen molar-refractivity contribution in [3.8, 4) is 5.75 Å². The first-order valence-electron chi connectivity index (χ1n) is 5.12. The highest BCUT2D eigenvalue weighted by atomic mass is 79.9. The number of hydrogen-bond acceptors (Lipinski definition) is 4. The van der Waals surface area contributed by atoms with E-state index in [4.69, 9.17) is 17.3 Å². The largest absolute Gasteiger partial charge is 0.506 e. The third-order valence-electron chi connectivity index (χ3n) is 2.24. The summed E-state index contributed by atoms with van der Waals surface area (Å²) in [7, 11) is 0. The average molecular weight is 377 g/mol. The fourth-order valence-corrected chi connectivity index (χ4v) is 2.20. The second kappa shape index (κ2) is 7.89. The van der Waals surface area contributed by atoms with Crippen molar-refractivity contribution in [1.29, 1.82) is 0 Å². The van der Waals surface area contributed by atoms with Gasteiger partial charge in [0.05, 0.1) is 17.1 Å². The molecule has 1 aromatic rings. The molecular formula is C11H13BrCl2FNO3. The molecule has 0 aliphatic carbocycles. The molecule has 2 atom stereocenters. The van der Waals surface area contributed by atoms with Crippen LogP contribution in [0.1, 0.15) is 18.5 Å². The zero-order valence-electron chi connectivity index (χ0n) is 9.90. The van der Waals surface area contributed by atoms with Crippen LogP contribution in [-0.2, 0) is 9.53 Å². The second-order valence-electron chi connectivity index (χ2n) is 3.51. The smallest absolute Gasteiger partial charge is 0.342 e. The molecule has 1 unspecified atom stereocenters. The number of alkyl halides is 1. The van der Waals surface area contributed by atoms with Gasteiger partial charge in [-0.25, -0.2) is 9.18 Å². The zero-order chi connectivity index (χ0) is 13.9. The van der Waals surface area contributed by atoms with Gasteiger partial charge < -0.3 is 15.6 Å². The fourth-order valence-electron chi connectivity index (χ4n) is 1.37. The van der Waals surface area contributed by atoms with Crippen LogP contribution >= 0.6 is 39.9 Å². The molecule has 3 N–H and O–H groups in total. The summed E-state index contributed by atoms with van der Waals surface area (Å²) < 4.78 is 18.5. The highest BCUT2D eigenvalue weighted by molar-refractivity contribution is 9.10. The summed E-state index contributed by atoms with van der Waals surface area (Å²) in [5.41, 5.74) is 5.63. The molecule has 0 aliphatic heterocycles. The maximum absolute atomic E-state index is 13.7. The van der Waals surface area contributed by atoms with E-state index < -0.39 is 18.2 Å². The van der Waals surface area contributed by atoms with Crippen LogP contribution in [0.2, 0.25) is 5.02 Å². The van der Waals surface area contributed by atoms with E-state index in [-0.39, 0.29) is 39.8 Å². The Balaban J connectivity index is 0.00000324. The van der Waals surface area contributed by atoms with Crippen molar-refractivity contribution in [2.45, 2.75) is 19.1 Å². The normalized spacial score (nSPS) is 13.3. The Bertz CT molecular complexity index is 462. The van der Waals surface area contributed by atoms with Crippen molar-refractivity contribution in [3.05, 3.63) is 27.2 Å². The molecule has 0 saturated carbocycles. The van der Waals surface area contributed by atoms with Crippen LogP contribution in [0.15, 0.2) is 16.6 Å². The van der Waals surface area contributed by atoms with Gasteiger partial charge in [0, 0.05) is 10.6 Å². The van der Waals surface area contributed by atoms with E-state index in [0.29, 0.717) is 0 Å². The van der Waals surface area contributed by atoms with Crippen molar-refractivity contribution >= 4 is 45.9 Å². The Morgan fingerprint density at radius 1 is 1.63 bits per heavy atom. The predicted molar refractivity (Wildman–Crippen MR) is 76.5 cm³/mol. The van der Waals surface area contributed by atoms with Gasteiger partial charge in [0.15, 0.2) is 0 Å². The zero-order valence-corrected chi connectivity index (χ0v) is 13.1. The monoisotopic (exact) mass is 375 g/mol. The fraction of sp³-hybridized carbons (Fsp3) is 0.364. The summed E-state index contributed by atoms with van der Waals surface area (Å²) in [6.45, 7) is 1.61. The van der Waals surface area contributed by atoms with Crippen LogP contribution in [-0.4, -0.2) is 23.9 Å². The number of rotatable bonds is 4. The van der Waals surface area contributed by atoms with Crippen LogP contribution in [0, 0.1) is 0 Å². The number of halogens is 4. The molecule has 0 radical (unpaired) electrons. The van der Waals surface area contributed by atoms with E-state index in [2.05, 4.69) is 20.7 Å². The van der Waals surface area contributed by atoms with E-state index >= 15 is 0 Å². The number of ether oxygens (including phenoxy) is 1. The molecule has 0 spiro atoms. The van der Waals surface area contributed by atoms with E-state index in [1.165, 1.54) is 12.1 Å². The van der Waals surface area contributed by atoms with Gasteiger partial charge in [0.25, 0.3) is 0 Å². The van der Waals surface area contributed by atoms with Gasteiger partial charge in [0.2, 0.25) is 6.17 Å². The molecular weight excluding hydrogens is 364 g/mol. The minimum absolute atomic E-state index is 0. The van der Waals surface area contributed by atoms with Crippen molar-refractivity contribution in [1.82, 2.24) is 0 Å². The van der Waals surface area contributed by atoms with Gasteiger partial charge in [-0.3, -0.25) is 0 Å². The number of phenols is 1. The minimum atomic E-state index is -2.07. The first-order chi connectivity index (χ1) is 8.38. The number of hydrogen-bond donors (Lipinski definition) is 2. The Morgan fingerprint density at radius 3 is 2.74 bits per heavy atom. The second-order valence-corrected chi connectivity index (χ2v) is 4.80. The van der Waals surface area contributed by atoms with Crippen LogP contribution < -0.4 is 5.73 Å². The quantitative estimate of drug-likeness (QED) is 0.792. The molecule has 19 heavy (non-hydrogen) atoms. The SMILES string of the molecule is CCOC(=O)C(F)[C@H](N)c1cc(Cl)cc(Br)c1O.Cl. The molecule has 0 aliphatic rings. The average Bonchev–Trinajstić information content (AvgIpc) is 2.32. The number of carbonyl (C=O) groups excluding carboxylic acids is 1. The van der Waals surface area contributed by atoms with Gasteiger partial charge in [-0.2, -0.15) is 0 Å². The summed E-state index contributed by atoms with van der Waals surface area (Å²) in [5, 5.41) is 10.0. The number of nitrogens with two attached hydrogens (primary N) is 1. The van der Waals surface area contributed by atoms with Crippen LogP contribution in [0.5, 0.6) is 5.75 Å². The van der Waals surface area contributed by atoms with Crippen molar-refractivity contribution in [2.75, 3.05) is 6.61 Å². The van der Waals surface area contributed by atoms with Gasteiger partial charge in [-0.05, 0) is 35.0 Å². The van der Waals surface area contributed by atoms with Gasteiger partial charge in [0.1, 0.15) is 5.75 Å². The van der Waals surface area contributed by atoms with Gasteiger partial charge in [-0.15, -0.1) is 12.4 Å². The van der Waals surface area contributed by atoms with E-state index in [0.717, 1.165) is 0 Å². The summed E-state index contributed by atoms with van der Waals surface area (Å²) in [6.07, 6.45) is -2.07. The molecule has 0 heterocycles. The molecule has 1 rings (SSSR count). The number of aromatic hydroxyl groups is 1. The lowest BCUT2D eigenvalue weighted by Gasteiger charge is -2.17. The molecule has 0 fully saturated rings. The maximum Gasteiger partial charge on any atom is 0.342 e. The summed E-state index contributed by atoms with van der Waals surface area (Å²) in [5.74, 6) is -1.32. The predicted octanol–water partition coefficient (Wildman–Crippen LogP) is 3.13. The number of benzene rings is 1. The highest BCUT2D eigenvalue weighted by Gasteiger charge is 2.30. The first kappa shape index (κ1) is 18.4. The van der Waals surface area contributed by atoms with Crippen molar-refractivity contribution in [2.24, 2.45) is 5.73 Å². The lowest BCUT2D eigenvalue weighted by Crippen LogP contribution is -2.31. The van der Waals surface area contributed by atoms with Gasteiger partial charge in [-0.1, -0.05) is 11.6 Å². The summed E-state index contributed by atoms with van der Waals surface area (Å²) in [6, 6.07) is 1.39.